The van der Waals surface area contributed by atoms with Gasteiger partial charge in [-0.1, -0.05) is 23.7 Å². The van der Waals surface area contributed by atoms with Crippen LogP contribution in [0, 0.1) is 5.82 Å². The Morgan fingerprint density at radius 2 is 1.89 bits per heavy atom. The van der Waals surface area contributed by atoms with Gasteiger partial charge in [0, 0.05) is 21.7 Å². The highest BCUT2D eigenvalue weighted by Gasteiger charge is 2.52. The SMILES string of the molecule is CC(C)(C)[S@@](=O)N[C@H](c1cnc(CC(=O)C2(c3ccc4c(c3)OC(F)(F)O4)CC2)s1)c1ccc(Cl)cc1F. The van der Waals surface area contributed by atoms with E-state index in [0.717, 1.165) is 0 Å². The number of nitrogens with one attached hydrogen (secondary N) is 1. The molecule has 1 aliphatic heterocycles. The molecule has 1 aliphatic carbocycles. The van der Waals surface area contributed by atoms with Crippen molar-refractivity contribution in [2.24, 2.45) is 0 Å². The van der Waals surface area contributed by atoms with Crippen LogP contribution < -0.4 is 14.2 Å². The third kappa shape index (κ3) is 5.34. The summed E-state index contributed by atoms with van der Waals surface area (Å²) in [5.41, 5.74) is 0.0301. The minimum absolute atomic E-state index is 0.00739. The summed E-state index contributed by atoms with van der Waals surface area (Å²) in [6.07, 6.45) is -1.03. The van der Waals surface area contributed by atoms with Crippen molar-refractivity contribution in [2.75, 3.05) is 0 Å². The second-order valence-electron chi connectivity index (χ2n) is 10.3. The van der Waals surface area contributed by atoms with Crippen molar-refractivity contribution in [3.63, 3.8) is 0 Å². The van der Waals surface area contributed by atoms with Crippen molar-refractivity contribution in [3.05, 3.63) is 74.4 Å². The van der Waals surface area contributed by atoms with Gasteiger partial charge in [0.05, 0.1) is 33.6 Å². The maximum atomic E-state index is 14.9. The fraction of sp³-hybridized carbons (Fsp3) is 0.385. The lowest BCUT2D eigenvalue weighted by molar-refractivity contribution is -0.286. The van der Waals surface area contributed by atoms with Crippen LogP contribution in [-0.2, 0) is 27.6 Å². The predicted molar refractivity (Wildman–Crippen MR) is 139 cm³/mol. The molecular weight excluding hydrogens is 561 g/mol. The summed E-state index contributed by atoms with van der Waals surface area (Å²) < 4.78 is 66.1. The summed E-state index contributed by atoms with van der Waals surface area (Å²) in [5.74, 6) is -0.845. The Morgan fingerprint density at radius 1 is 1.18 bits per heavy atom. The molecule has 0 radical (unpaired) electrons. The van der Waals surface area contributed by atoms with Gasteiger partial charge in [-0.05, 0) is 63.4 Å². The number of ketones is 1. The van der Waals surface area contributed by atoms with E-state index in [1.807, 2.05) is 0 Å². The summed E-state index contributed by atoms with van der Waals surface area (Å²) in [7, 11) is -1.53. The fourth-order valence-electron chi connectivity index (χ4n) is 4.24. The maximum Gasteiger partial charge on any atom is 0.586 e. The summed E-state index contributed by atoms with van der Waals surface area (Å²) in [6.45, 7) is 5.40. The van der Waals surface area contributed by atoms with E-state index in [0.29, 0.717) is 28.3 Å². The third-order valence-corrected chi connectivity index (χ3v) is 9.32. The molecule has 1 saturated carbocycles. The van der Waals surface area contributed by atoms with Crippen LogP contribution in [0.25, 0.3) is 0 Å². The number of ether oxygens (including phenoxy) is 2. The standard InChI is InChI=1S/C26H24ClF3N2O4S2/c1-24(2,3)38(34)32-23(16-6-5-15(27)11-17(16)28)20-13-31-22(37-20)12-21(33)25(8-9-25)14-4-7-18-19(10-14)36-26(29,30)35-18/h4-7,10-11,13,23,32H,8-9,12H2,1-3H3/t23-,38+/m0/s1. The van der Waals surface area contributed by atoms with Crippen molar-refractivity contribution in [3.8, 4) is 11.5 Å². The van der Waals surface area contributed by atoms with Crippen LogP contribution in [0.2, 0.25) is 5.02 Å². The lowest BCUT2D eigenvalue weighted by Crippen LogP contribution is -2.36. The van der Waals surface area contributed by atoms with Crippen LogP contribution >= 0.6 is 22.9 Å². The lowest BCUT2D eigenvalue weighted by Gasteiger charge is -2.24. The highest BCUT2D eigenvalue weighted by molar-refractivity contribution is 7.84. The normalized spacial score (nSPS) is 18.7. The Morgan fingerprint density at radius 3 is 2.55 bits per heavy atom. The number of fused-ring (bicyclic) bond motifs is 1. The van der Waals surface area contributed by atoms with Crippen molar-refractivity contribution >= 4 is 39.7 Å². The first-order valence-electron chi connectivity index (χ1n) is 11.8. The molecule has 2 aromatic carbocycles. The molecule has 0 amide bonds. The number of aromatic nitrogens is 1. The molecule has 3 aromatic rings. The molecule has 0 bridgehead atoms. The van der Waals surface area contributed by atoms with Crippen LogP contribution in [0.3, 0.4) is 0 Å². The monoisotopic (exact) mass is 584 g/mol. The number of carbonyl (C=O) groups excluding carboxylic acids is 1. The molecule has 1 fully saturated rings. The van der Waals surface area contributed by atoms with Gasteiger partial charge in [0.2, 0.25) is 0 Å². The van der Waals surface area contributed by atoms with Gasteiger partial charge < -0.3 is 9.47 Å². The summed E-state index contributed by atoms with van der Waals surface area (Å²) in [4.78, 5) is 18.4. The molecule has 1 N–H and O–H groups in total. The van der Waals surface area contributed by atoms with Crippen LogP contribution in [-0.4, -0.2) is 26.0 Å². The van der Waals surface area contributed by atoms with Crippen molar-refractivity contribution in [1.29, 1.82) is 0 Å². The van der Waals surface area contributed by atoms with E-state index in [9.17, 15) is 22.2 Å². The molecule has 2 atom stereocenters. The van der Waals surface area contributed by atoms with Gasteiger partial charge in [-0.15, -0.1) is 20.1 Å². The molecular formula is C26H24ClF3N2O4S2. The van der Waals surface area contributed by atoms with E-state index in [4.69, 9.17) is 11.6 Å². The predicted octanol–water partition coefficient (Wildman–Crippen LogP) is 6.24. The van der Waals surface area contributed by atoms with E-state index >= 15 is 0 Å². The van der Waals surface area contributed by atoms with Gasteiger partial charge in [-0.2, -0.15) is 0 Å². The van der Waals surface area contributed by atoms with Gasteiger partial charge in [0.1, 0.15) is 16.6 Å². The molecule has 0 spiro atoms. The van der Waals surface area contributed by atoms with Gasteiger partial charge in [-0.3, -0.25) is 4.79 Å². The van der Waals surface area contributed by atoms with Gasteiger partial charge in [-0.25, -0.2) is 18.3 Å². The largest absolute Gasteiger partial charge is 0.586 e. The van der Waals surface area contributed by atoms with Crippen molar-refractivity contribution in [1.82, 2.24) is 9.71 Å². The Hall–Kier alpha value is -2.47. The lowest BCUT2D eigenvalue weighted by atomic mass is 9.89. The zero-order chi connectivity index (χ0) is 27.5. The topological polar surface area (TPSA) is 77.5 Å². The quantitative estimate of drug-likeness (QED) is 0.339. The first kappa shape index (κ1) is 27.1. The molecule has 12 heteroatoms. The number of nitrogens with zero attached hydrogens (tertiary/aromatic N) is 1. The van der Waals surface area contributed by atoms with E-state index < -0.39 is 39.3 Å². The second-order valence-corrected chi connectivity index (χ2v) is 13.8. The number of halogens is 4. The second kappa shape index (κ2) is 9.62. The maximum absolute atomic E-state index is 14.9. The number of thiazole rings is 1. The van der Waals surface area contributed by atoms with Gasteiger partial charge in [0.15, 0.2) is 11.5 Å². The van der Waals surface area contributed by atoms with E-state index in [1.165, 1.54) is 35.6 Å². The smallest absolute Gasteiger partial charge is 0.395 e. The van der Waals surface area contributed by atoms with Crippen LogP contribution in [0.4, 0.5) is 13.2 Å². The highest BCUT2D eigenvalue weighted by Crippen LogP contribution is 2.52. The van der Waals surface area contributed by atoms with Crippen LogP contribution in [0.15, 0.2) is 42.6 Å². The zero-order valence-electron chi connectivity index (χ0n) is 20.6. The molecule has 202 valence electrons. The van der Waals surface area contributed by atoms with E-state index in [-0.39, 0.29) is 34.3 Å². The van der Waals surface area contributed by atoms with Crippen LogP contribution in [0.1, 0.15) is 60.7 Å². The van der Waals surface area contributed by atoms with E-state index in [2.05, 4.69) is 19.2 Å². The third-order valence-electron chi connectivity index (χ3n) is 6.46. The zero-order valence-corrected chi connectivity index (χ0v) is 23.0. The Bertz CT molecular complexity index is 1440. The number of hydrogen-bond acceptors (Lipinski definition) is 6. The van der Waals surface area contributed by atoms with Crippen molar-refractivity contribution in [2.45, 2.75) is 62.5 Å². The summed E-state index contributed by atoms with van der Waals surface area (Å²) in [5, 5.41) is 0.741. The molecule has 5 rings (SSSR count). The molecule has 6 nitrogen and oxygen atoms in total. The van der Waals surface area contributed by atoms with Crippen molar-refractivity contribution < 1.29 is 31.6 Å². The Labute approximate surface area is 229 Å². The first-order valence-corrected chi connectivity index (χ1v) is 14.1. The number of alkyl halides is 2. The van der Waals surface area contributed by atoms with Gasteiger partial charge >= 0.3 is 6.29 Å². The van der Waals surface area contributed by atoms with Gasteiger partial charge in [0.25, 0.3) is 0 Å². The molecule has 38 heavy (non-hydrogen) atoms. The molecule has 1 aromatic heterocycles. The molecule has 2 aliphatic rings. The van der Waals surface area contributed by atoms with E-state index in [1.54, 1.807) is 39.1 Å². The number of rotatable bonds is 8. The average molecular weight is 585 g/mol. The number of Topliss-reactive ketones (excluding diaryl/α,β-unsaturated/α-hetero) is 1. The number of benzene rings is 2. The highest BCUT2D eigenvalue weighted by atomic mass is 35.5. The summed E-state index contributed by atoms with van der Waals surface area (Å²) in [6, 6.07) is 7.91. The average Bonchev–Trinajstić information content (AvgIpc) is 3.40. The Balaban J connectivity index is 1.38. The fourth-order valence-corrected chi connectivity index (χ4v) is 6.29. The summed E-state index contributed by atoms with van der Waals surface area (Å²) >= 11 is 7.15. The number of carbonyl (C=O) groups is 1. The molecule has 2 heterocycles. The number of hydrogen-bond donors (Lipinski definition) is 1. The first-order chi connectivity index (χ1) is 17.8. The minimum atomic E-state index is -3.73. The molecule has 0 unspecified atom stereocenters. The van der Waals surface area contributed by atoms with Crippen LogP contribution in [0.5, 0.6) is 11.5 Å². The molecule has 0 saturated heterocycles. The Kier molecular flexibility index (Phi) is 6.86. The minimum Gasteiger partial charge on any atom is -0.395 e.